The molecule has 2 atom stereocenters. The van der Waals surface area contributed by atoms with Gasteiger partial charge in [0.15, 0.2) is 0 Å². The zero-order chi connectivity index (χ0) is 18.4. The highest BCUT2D eigenvalue weighted by atomic mass is 16.5. The van der Waals surface area contributed by atoms with Crippen LogP contribution in [0.3, 0.4) is 0 Å². The predicted octanol–water partition coefficient (Wildman–Crippen LogP) is 2.80. The van der Waals surface area contributed by atoms with Crippen LogP contribution in [0.2, 0.25) is 0 Å². The summed E-state index contributed by atoms with van der Waals surface area (Å²) in [5, 5.41) is 16.2. The fraction of sp³-hybridized carbons (Fsp3) is 0.556. The lowest BCUT2D eigenvalue weighted by Crippen LogP contribution is -2.44. The quantitative estimate of drug-likeness (QED) is 0.812. The van der Waals surface area contributed by atoms with E-state index in [9.17, 15) is 14.7 Å². The number of amides is 1. The normalized spacial score (nSPS) is 20.9. The van der Waals surface area contributed by atoms with Crippen molar-refractivity contribution in [3.05, 3.63) is 24.5 Å². The van der Waals surface area contributed by atoms with E-state index in [1.165, 1.54) is 12.5 Å². The Morgan fingerprint density at radius 3 is 2.77 bits per heavy atom. The fourth-order valence-corrected chi connectivity index (χ4v) is 3.32. The molecule has 2 N–H and O–H groups in total. The molecule has 0 bridgehead atoms. The third-order valence-corrected chi connectivity index (χ3v) is 4.74. The standard InChI is InChI=1S/C18H23N3O5/c22-15(19-14-6-4-2-1-3-5-13(14)18(23)24)7-8-16-20-17(21-26-16)12-9-10-25-11-12/h9-11,13-14H,1-8H2,(H,19,22)(H,23,24). The molecule has 0 spiro atoms. The van der Waals surface area contributed by atoms with Gasteiger partial charge in [0, 0.05) is 18.9 Å². The molecule has 0 radical (unpaired) electrons. The number of aryl methyl sites for hydroxylation is 1. The minimum absolute atomic E-state index is 0.176. The van der Waals surface area contributed by atoms with Crippen LogP contribution in [-0.2, 0) is 16.0 Å². The monoisotopic (exact) mass is 361 g/mol. The van der Waals surface area contributed by atoms with E-state index in [-0.39, 0.29) is 18.4 Å². The highest BCUT2D eigenvalue weighted by molar-refractivity contribution is 5.78. The van der Waals surface area contributed by atoms with Gasteiger partial charge in [-0.2, -0.15) is 4.98 Å². The summed E-state index contributed by atoms with van der Waals surface area (Å²) in [6.07, 6.45) is 8.80. The van der Waals surface area contributed by atoms with Crippen molar-refractivity contribution in [3.63, 3.8) is 0 Å². The van der Waals surface area contributed by atoms with Gasteiger partial charge in [0.25, 0.3) is 0 Å². The topological polar surface area (TPSA) is 118 Å². The Hall–Kier alpha value is -2.64. The van der Waals surface area contributed by atoms with E-state index in [0.717, 1.165) is 25.7 Å². The molecule has 2 heterocycles. The molecule has 1 fully saturated rings. The first-order chi connectivity index (χ1) is 12.6. The van der Waals surface area contributed by atoms with Crippen LogP contribution >= 0.6 is 0 Å². The molecule has 0 aliphatic heterocycles. The Kier molecular flexibility index (Phi) is 6.04. The van der Waals surface area contributed by atoms with Gasteiger partial charge in [0.05, 0.1) is 17.7 Å². The van der Waals surface area contributed by atoms with Gasteiger partial charge < -0.3 is 19.4 Å². The second-order valence-corrected chi connectivity index (χ2v) is 6.63. The smallest absolute Gasteiger partial charge is 0.308 e. The fourth-order valence-electron chi connectivity index (χ4n) is 3.32. The van der Waals surface area contributed by atoms with Crippen LogP contribution in [0.1, 0.15) is 50.8 Å². The van der Waals surface area contributed by atoms with Gasteiger partial charge in [-0.15, -0.1) is 0 Å². The maximum Gasteiger partial charge on any atom is 0.308 e. The van der Waals surface area contributed by atoms with Crippen molar-refractivity contribution in [1.82, 2.24) is 15.5 Å². The zero-order valence-electron chi connectivity index (χ0n) is 14.5. The van der Waals surface area contributed by atoms with Gasteiger partial charge >= 0.3 is 5.97 Å². The Morgan fingerprint density at radius 2 is 2.04 bits per heavy atom. The first-order valence-electron chi connectivity index (χ1n) is 9.01. The molecule has 1 saturated carbocycles. The largest absolute Gasteiger partial charge is 0.481 e. The van der Waals surface area contributed by atoms with Gasteiger partial charge in [0.2, 0.25) is 17.6 Å². The van der Waals surface area contributed by atoms with E-state index >= 15 is 0 Å². The molecule has 8 nitrogen and oxygen atoms in total. The molecule has 2 aromatic heterocycles. The minimum atomic E-state index is -0.834. The molecule has 0 aromatic carbocycles. The lowest BCUT2D eigenvalue weighted by atomic mass is 9.86. The second kappa shape index (κ2) is 8.64. The number of carbonyl (C=O) groups excluding carboxylic acids is 1. The van der Waals surface area contributed by atoms with Crippen LogP contribution in [0.25, 0.3) is 11.4 Å². The Balaban J connectivity index is 1.53. The van der Waals surface area contributed by atoms with Gasteiger partial charge in [0.1, 0.15) is 6.26 Å². The van der Waals surface area contributed by atoms with Crippen molar-refractivity contribution in [3.8, 4) is 11.4 Å². The predicted molar refractivity (Wildman–Crippen MR) is 91.1 cm³/mol. The van der Waals surface area contributed by atoms with Crippen molar-refractivity contribution in [2.24, 2.45) is 5.92 Å². The van der Waals surface area contributed by atoms with E-state index < -0.39 is 11.9 Å². The number of furan rings is 1. The van der Waals surface area contributed by atoms with Crippen LogP contribution in [0.4, 0.5) is 0 Å². The summed E-state index contributed by atoms with van der Waals surface area (Å²) in [7, 11) is 0. The summed E-state index contributed by atoms with van der Waals surface area (Å²) in [5.41, 5.74) is 0.711. The molecule has 1 aliphatic rings. The molecular weight excluding hydrogens is 338 g/mol. The maximum atomic E-state index is 12.3. The van der Waals surface area contributed by atoms with E-state index in [1.54, 1.807) is 6.07 Å². The summed E-state index contributed by atoms with van der Waals surface area (Å²) < 4.78 is 10.1. The number of carbonyl (C=O) groups is 2. The average molecular weight is 361 g/mol. The number of aromatic nitrogens is 2. The number of aliphatic carboxylic acids is 1. The highest BCUT2D eigenvalue weighted by Crippen LogP contribution is 2.23. The first-order valence-corrected chi connectivity index (χ1v) is 9.01. The van der Waals surface area contributed by atoms with Gasteiger partial charge in [-0.05, 0) is 18.9 Å². The van der Waals surface area contributed by atoms with Crippen LogP contribution < -0.4 is 5.32 Å². The van der Waals surface area contributed by atoms with E-state index in [2.05, 4.69) is 15.5 Å². The van der Waals surface area contributed by atoms with Gasteiger partial charge in [-0.3, -0.25) is 9.59 Å². The lowest BCUT2D eigenvalue weighted by molar-refractivity contribution is -0.143. The van der Waals surface area contributed by atoms with Crippen molar-refractivity contribution in [1.29, 1.82) is 0 Å². The molecule has 3 rings (SSSR count). The summed E-state index contributed by atoms with van der Waals surface area (Å²) in [5.74, 6) is -0.761. The molecule has 2 unspecified atom stereocenters. The molecule has 2 aromatic rings. The van der Waals surface area contributed by atoms with Crippen LogP contribution in [-0.4, -0.2) is 33.2 Å². The van der Waals surface area contributed by atoms with Gasteiger partial charge in [-0.25, -0.2) is 0 Å². The van der Waals surface area contributed by atoms with E-state index in [0.29, 0.717) is 36.5 Å². The first kappa shape index (κ1) is 18.2. The SMILES string of the molecule is O=C(CCc1nc(-c2ccoc2)no1)NC1CCCCCCC1C(=O)O. The maximum absolute atomic E-state index is 12.3. The molecule has 1 amide bonds. The average Bonchev–Trinajstić information content (AvgIpc) is 3.26. The second-order valence-electron chi connectivity index (χ2n) is 6.63. The van der Waals surface area contributed by atoms with Gasteiger partial charge in [-0.1, -0.05) is 30.8 Å². The Labute approximate surface area is 151 Å². The Bertz CT molecular complexity index is 725. The minimum Gasteiger partial charge on any atom is -0.481 e. The number of carboxylic acid groups (broad SMARTS) is 1. The van der Waals surface area contributed by atoms with E-state index in [4.69, 9.17) is 8.94 Å². The number of carboxylic acids is 1. The molecule has 1 aliphatic carbocycles. The summed E-state index contributed by atoms with van der Waals surface area (Å²) in [6.45, 7) is 0. The molecule has 26 heavy (non-hydrogen) atoms. The number of nitrogens with zero attached hydrogens (tertiary/aromatic N) is 2. The number of nitrogens with one attached hydrogen (secondary N) is 1. The highest BCUT2D eigenvalue weighted by Gasteiger charge is 2.29. The molecule has 140 valence electrons. The zero-order valence-corrected chi connectivity index (χ0v) is 14.5. The third-order valence-electron chi connectivity index (χ3n) is 4.74. The number of hydrogen-bond donors (Lipinski definition) is 2. The molecule has 8 heteroatoms. The molecular formula is C18H23N3O5. The van der Waals surface area contributed by atoms with Crippen molar-refractivity contribution in [2.45, 2.75) is 57.4 Å². The van der Waals surface area contributed by atoms with Crippen LogP contribution in [0, 0.1) is 5.92 Å². The third kappa shape index (κ3) is 4.71. The number of rotatable bonds is 6. The molecule has 0 saturated heterocycles. The van der Waals surface area contributed by atoms with Crippen molar-refractivity contribution >= 4 is 11.9 Å². The number of hydrogen-bond acceptors (Lipinski definition) is 6. The lowest BCUT2D eigenvalue weighted by Gasteiger charge is -2.27. The van der Waals surface area contributed by atoms with Crippen molar-refractivity contribution in [2.75, 3.05) is 0 Å². The summed E-state index contributed by atoms with van der Waals surface area (Å²) >= 11 is 0. The summed E-state index contributed by atoms with van der Waals surface area (Å²) in [4.78, 5) is 28.0. The summed E-state index contributed by atoms with van der Waals surface area (Å²) in [6, 6.07) is 1.41. The van der Waals surface area contributed by atoms with Crippen molar-refractivity contribution < 1.29 is 23.6 Å². The van der Waals surface area contributed by atoms with Crippen LogP contribution in [0.15, 0.2) is 27.5 Å². The Morgan fingerprint density at radius 1 is 1.23 bits per heavy atom. The van der Waals surface area contributed by atoms with E-state index in [1.807, 2.05) is 0 Å². The van der Waals surface area contributed by atoms with Crippen LogP contribution in [0.5, 0.6) is 0 Å².